The number of fused-ring (bicyclic) bond motifs is 2. The van der Waals surface area contributed by atoms with E-state index in [0.717, 1.165) is 25.7 Å². The van der Waals surface area contributed by atoms with Gasteiger partial charge in [0.2, 0.25) is 11.6 Å². The molecule has 0 N–H and O–H groups in total. The predicted octanol–water partition coefficient (Wildman–Crippen LogP) is 7.25. The summed E-state index contributed by atoms with van der Waals surface area (Å²) in [4.78, 5) is 29.7. The van der Waals surface area contributed by atoms with Crippen molar-refractivity contribution in [3.8, 4) is 17.3 Å². The second-order valence-electron chi connectivity index (χ2n) is 9.34. The molecule has 6 aromatic rings. The van der Waals surface area contributed by atoms with Crippen molar-refractivity contribution in [2.45, 2.75) is 13.5 Å². The lowest BCUT2D eigenvalue weighted by Gasteiger charge is -2.11. The van der Waals surface area contributed by atoms with E-state index in [1.165, 1.54) is 12.3 Å². The number of furan rings is 1. The van der Waals surface area contributed by atoms with Gasteiger partial charge in [-0.25, -0.2) is 4.98 Å². The van der Waals surface area contributed by atoms with Gasteiger partial charge < -0.3 is 9.15 Å². The molecular weight excluding hydrogens is 588 g/mol. The highest BCUT2D eigenvalue weighted by molar-refractivity contribution is 9.10. The van der Waals surface area contributed by atoms with Crippen molar-refractivity contribution in [3.63, 3.8) is 0 Å². The Morgan fingerprint density at radius 1 is 1.05 bits per heavy atom. The number of halogens is 1. The average molecular weight is 609 g/mol. The van der Waals surface area contributed by atoms with Crippen LogP contribution in [-0.2, 0) is 6.61 Å². The third kappa shape index (κ3) is 5.24. The number of hydrogen-bond acceptors (Lipinski definition) is 7. The minimum atomic E-state index is -0.509. The number of rotatable bonds is 7. The number of para-hydroxylation sites is 2. The maximum atomic E-state index is 13.6. The second-order valence-corrected chi connectivity index (χ2v) is 10.3. The second kappa shape index (κ2) is 10.8. The van der Waals surface area contributed by atoms with E-state index >= 15 is 0 Å². The Morgan fingerprint density at radius 2 is 1.88 bits per heavy atom. The normalized spacial score (nSPS) is 11.5. The lowest BCUT2D eigenvalue weighted by Crippen LogP contribution is -2.20. The Kier molecular flexibility index (Phi) is 6.90. The highest BCUT2D eigenvalue weighted by Crippen LogP contribution is 2.32. The number of benzene rings is 4. The molecule has 0 saturated carbocycles. The lowest BCUT2D eigenvalue weighted by atomic mass is 10.1. The Labute approximate surface area is 241 Å². The van der Waals surface area contributed by atoms with Gasteiger partial charge >= 0.3 is 5.69 Å². The molecule has 0 spiro atoms. The molecule has 0 aliphatic rings. The van der Waals surface area contributed by atoms with E-state index in [2.05, 4.69) is 21.0 Å². The molecule has 2 aromatic heterocycles. The Balaban J connectivity index is 1.47. The van der Waals surface area contributed by atoms with Crippen LogP contribution < -0.4 is 10.3 Å². The van der Waals surface area contributed by atoms with Crippen molar-refractivity contribution >= 4 is 49.7 Å². The van der Waals surface area contributed by atoms with Crippen molar-refractivity contribution in [2.75, 3.05) is 0 Å². The number of nitro groups is 1. The zero-order valence-electron chi connectivity index (χ0n) is 21.7. The van der Waals surface area contributed by atoms with Crippen LogP contribution in [-0.4, -0.2) is 20.8 Å². The Bertz CT molecular complexity index is 2050. The van der Waals surface area contributed by atoms with Crippen molar-refractivity contribution in [1.29, 1.82) is 0 Å². The van der Waals surface area contributed by atoms with E-state index in [4.69, 9.17) is 14.1 Å². The summed E-state index contributed by atoms with van der Waals surface area (Å²) in [5.41, 5.74) is 2.70. The molecule has 0 saturated heterocycles. The van der Waals surface area contributed by atoms with E-state index in [1.54, 1.807) is 42.5 Å². The van der Waals surface area contributed by atoms with E-state index in [0.29, 0.717) is 27.8 Å². The maximum absolute atomic E-state index is 13.6. The standard InChI is InChI=1S/C31H21BrN4O5/c1-19-6-4-7-20(14-19)18-40-29-21(8-5-11-26(29)36(38)39)17-33-35-30(34-25-10-3-2-9-24(25)31(35)37)28-16-22-15-23(32)12-13-27(22)41-28/h2-17H,18H2,1H3. The van der Waals surface area contributed by atoms with Crippen LogP contribution in [0.3, 0.4) is 0 Å². The van der Waals surface area contributed by atoms with Gasteiger partial charge in [-0.15, -0.1) is 0 Å². The minimum absolute atomic E-state index is 0.0414. The number of nitro benzene ring substituents is 1. The Hall–Kier alpha value is -5.09. The van der Waals surface area contributed by atoms with Crippen LogP contribution in [0.5, 0.6) is 5.75 Å². The van der Waals surface area contributed by atoms with Gasteiger partial charge in [0.25, 0.3) is 5.56 Å². The number of hydrogen-bond donors (Lipinski definition) is 0. The molecule has 9 nitrogen and oxygen atoms in total. The van der Waals surface area contributed by atoms with Gasteiger partial charge in [-0.2, -0.15) is 9.78 Å². The van der Waals surface area contributed by atoms with Gasteiger partial charge in [0.1, 0.15) is 12.2 Å². The summed E-state index contributed by atoms with van der Waals surface area (Å²) in [6.07, 6.45) is 1.36. The minimum Gasteiger partial charge on any atom is -0.481 e. The molecular formula is C31H21BrN4O5. The molecule has 0 radical (unpaired) electrons. The number of aryl methyl sites for hydroxylation is 1. The summed E-state index contributed by atoms with van der Waals surface area (Å²) in [5, 5.41) is 17.5. The zero-order chi connectivity index (χ0) is 28.5. The number of nitrogens with zero attached hydrogens (tertiary/aromatic N) is 4. The third-order valence-electron chi connectivity index (χ3n) is 6.45. The molecule has 41 heavy (non-hydrogen) atoms. The molecule has 10 heteroatoms. The predicted molar refractivity (Wildman–Crippen MR) is 161 cm³/mol. The highest BCUT2D eigenvalue weighted by Gasteiger charge is 2.20. The van der Waals surface area contributed by atoms with Crippen molar-refractivity contribution < 1.29 is 14.1 Å². The van der Waals surface area contributed by atoms with Gasteiger partial charge in [0, 0.05) is 21.5 Å². The largest absolute Gasteiger partial charge is 0.481 e. The van der Waals surface area contributed by atoms with E-state index in [-0.39, 0.29) is 23.9 Å². The fraction of sp³-hybridized carbons (Fsp3) is 0.0645. The van der Waals surface area contributed by atoms with E-state index in [1.807, 2.05) is 49.4 Å². The fourth-order valence-electron chi connectivity index (χ4n) is 4.54. The monoisotopic (exact) mass is 608 g/mol. The van der Waals surface area contributed by atoms with Gasteiger partial charge in [0.05, 0.1) is 22.0 Å². The smallest absolute Gasteiger partial charge is 0.311 e. The summed E-state index contributed by atoms with van der Waals surface area (Å²) in [5.74, 6) is 0.567. The average Bonchev–Trinajstić information content (AvgIpc) is 3.38. The fourth-order valence-corrected chi connectivity index (χ4v) is 4.92. The SMILES string of the molecule is Cc1cccc(COc2c(C=Nn3c(-c4cc5cc(Br)ccc5o4)nc4ccccc4c3=O)cccc2[N+](=O)[O-])c1. The first-order valence-corrected chi connectivity index (χ1v) is 13.4. The quantitative estimate of drug-likeness (QED) is 0.107. The first-order valence-electron chi connectivity index (χ1n) is 12.6. The van der Waals surface area contributed by atoms with Gasteiger partial charge in [-0.3, -0.25) is 14.9 Å². The molecule has 0 aliphatic heterocycles. The maximum Gasteiger partial charge on any atom is 0.311 e. The van der Waals surface area contributed by atoms with Crippen LogP contribution in [0.25, 0.3) is 33.5 Å². The first kappa shape index (κ1) is 26.1. The van der Waals surface area contributed by atoms with Crippen LogP contribution in [0.2, 0.25) is 0 Å². The topological polar surface area (TPSA) is 113 Å². The van der Waals surface area contributed by atoms with Crippen LogP contribution in [0.15, 0.2) is 110 Å². The van der Waals surface area contributed by atoms with Crippen LogP contribution in [0.1, 0.15) is 16.7 Å². The molecule has 202 valence electrons. The molecule has 0 atom stereocenters. The molecule has 0 fully saturated rings. The molecule has 0 bridgehead atoms. The number of ether oxygens (including phenoxy) is 1. The molecule has 0 aliphatic carbocycles. The highest BCUT2D eigenvalue weighted by atomic mass is 79.9. The lowest BCUT2D eigenvalue weighted by molar-refractivity contribution is -0.385. The van der Waals surface area contributed by atoms with Crippen LogP contribution in [0.4, 0.5) is 5.69 Å². The van der Waals surface area contributed by atoms with Gasteiger partial charge in [0.15, 0.2) is 5.76 Å². The van der Waals surface area contributed by atoms with Gasteiger partial charge in [-0.1, -0.05) is 64.0 Å². The van der Waals surface area contributed by atoms with Crippen molar-refractivity contribution in [2.24, 2.45) is 5.10 Å². The number of aromatic nitrogens is 2. The third-order valence-corrected chi connectivity index (χ3v) is 6.95. The molecule has 6 rings (SSSR count). The van der Waals surface area contributed by atoms with Gasteiger partial charge in [-0.05, 0) is 55.0 Å². The van der Waals surface area contributed by atoms with Crippen LogP contribution >= 0.6 is 15.9 Å². The summed E-state index contributed by atoms with van der Waals surface area (Å²) in [7, 11) is 0. The Morgan fingerprint density at radius 3 is 2.71 bits per heavy atom. The molecule has 4 aromatic carbocycles. The molecule has 0 amide bonds. The zero-order valence-corrected chi connectivity index (χ0v) is 23.2. The van der Waals surface area contributed by atoms with E-state index in [9.17, 15) is 14.9 Å². The van der Waals surface area contributed by atoms with Crippen molar-refractivity contribution in [1.82, 2.24) is 9.66 Å². The van der Waals surface area contributed by atoms with Crippen molar-refractivity contribution in [3.05, 3.63) is 133 Å². The summed E-state index contributed by atoms with van der Waals surface area (Å²) < 4.78 is 14.0. The summed E-state index contributed by atoms with van der Waals surface area (Å²) in [6.45, 7) is 2.07. The summed E-state index contributed by atoms with van der Waals surface area (Å²) in [6, 6.07) is 26.5. The van der Waals surface area contributed by atoms with Crippen LogP contribution in [0, 0.1) is 17.0 Å². The molecule has 2 heterocycles. The summed E-state index contributed by atoms with van der Waals surface area (Å²) >= 11 is 3.47. The molecule has 0 unspecified atom stereocenters. The first-order chi connectivity index (χ1) is 19.9. The van der Waals surface area contributed by atoms with E-state index < -0.39 is 10.5 Å².